The molecule has 0 bridgehead atoms. The number of amidine groups is 1. The lowest BCUT2D eigenvalue weighted by Gasteiger charge is -2.26. The van der Waals surface area contributed by atoms with Crippen molar-refractivity contribution in [1.82, 2.24) is 5.32 Å². The number of alkyl halides is 3. The molecule has 0 saturated carbocycles. The number of carbonyl (C=O) groups is 1. The predicted molar refractivity (Wildman–Crippen MR) is 105 cm³/mol. The number of aliphatic imine (C=N–C) groups is 1. The molecule has 0 radical (unpaired) electrons. The Kier molecular flexibility index (Phi) is 5.24. The maximum Gasteiger partial charge on any atom is 0.416 e. The molecule has 2 aromatic carbocycles. The van der Waals surface area contributed by atoms with Crippen molar-refractivity contribution in [3.05, 3.63) is 70.8 Å². The van der Waals surface area contributed by atoms with Gasteiger partial charge in [-0.15, -0.1) is 0 Å². The Morgan fingerprint density at radius 2 is 1.97 bits per heavy atom. The van der Waals surface area contributed by atoms with Gasteiger partial charge in [0.2, 0.25) is 5.91 Å². The number of hydrogen-bond donors (Lipinski definition) is 1. The normalized spacial score (nSPS) is 18.3. The highest BCUT2D eigenvalue weighted by molar-refractivity contribution is 6.12. The zero-order valence-electron chi connectivity index (χ0n) is 16.1. The Morgan fingerprint density at radius 1 is 1.17 bits per heavy atom. The second-order valence-electron chi connectivity index (χ2n) is 7.01. The zero-order valence-corrected chi connectivity index (χ0v) is 16.1. The molecule has 2 aromatic rings. The van der Waals surface area contributed by atoms with Crippen molar-refractivity contribution in [3.8, 4) is 11.5 Å². The fourth-order valence-corrected chi connectivity index (χ4v) is 3.72. The summed E-state index contributed by atoms with van der Waals surface area (Å²) < 4.78 is 50.6. The first-order chi connectivity index (χ1) is 14.4. The van der Waals surface area contributed by atoms with E-state index in [4.69, 9.17) is 9.47 Å². The summed E-state index contributed by atoms with van der Waals surface area (Å²) in [6.07, 6.45) is -2.19. The molecule has 1 fully saturated rings. The number of piperidine rings is 1. The molecule has 0 spiro atoms. The third kappa shape index (κ3) is 3.90. The van der Waals surface area contributed by atoms with Gasteiger partial charge in [0.15, 0.2) is 11.5 Å². The van der Waals surface area contributed by atoms with Gasteiger partial charge in [-0.3, -0.25) is 9.79 Å². The number of fused-ring (bicyclic) bond motifs is 1. The van der Waals surface area contributed by atoms with Crippen LogP contribution in [0.3, 0.4) is 0 Å². The highest BCUT2D eigenvalue weighted by Crippen LogP contribution is 2.38. The maximum absolute atomic E-state index is 13.2. The Morgan fingerprint density at radius 3 is 2.73 bits per heavy atom. The summed E-state index contributed by atoms with van der Waals surface area (Å²) in [5.41, 5.74) is 1.13. The van der Waals surface area contributed by atoms with Gasteiger partial charge in [0, 0.05) is 23.5 Å². The van der Waals surface area contributed by atoms with Gasteiger partial charge in [0.1, 0.15) is 12.4 Å². The van der Waals surface area contributed by atoms with Gasteiger partial charge in [0.25, 0.3) is 0 Å². The van der Waals surface area contributed by atoms with Gasteiger partial charge in [-0.2, -0.15) is 13.2 Å². The lowest BCUT2D eigenvalue weighted by molar-refractivity contribution is -0.138. The topological polar surface area (TPSA) is 59.9 Å². The number of hydrogen-bond acceptors (Lipinski definition) is 4. The van der Waals surface area contributed by atoms with Crippen LogP contribution in [0, 0.1) is 0 Å². The average molecular weight is 416 g/mol. The van der Waals surface area contributed by atoms with Crippen molar-refractivity contribution < 1.29 is 27.4 Å². The number of benzene rings is 2. The van der Waals surface area contributed by atoms with Gasteiger partial charge in [-0.05, 0) is 23.8 Å². The molecule has 1 amide bonds. The second kappa shape index (κ2) is 7.85. The van der Waals surface area contributed by atoms with Crippen LogP contribution in [0.25, 0.3) is 0 Å². The van der Waals surface area contributed by atoms with E-state index in [9.17, 15) is 18.0 Å². The fourth-order valence-electron chi connectivity index (χ4n) is 3.72. The quantitative estimate of drug-likeness (QED) is 0.794. The number of nitrogens with zero attached hydrogens (tertiary/aromatic N) is 1. The molecular formula is C22H19F3N2O3. The van der Waals surface area contributed by atoms with Crippen LogP contribution in [0.1, 0.15) is 29.0 Å². The van der Waals surface area contributed by atoms with Crippen LogP contribution in [0.2, 0.25) is 0 Å². The van der Waals surface area contributed by atoms with Crippen LogP contribution in [0.4, 0.5) is 13.2 Å². The molecule has 2 aliphatic rings. The highest BCUT2D eigenvalue weighted by Gasteiger charge is 2.34. The fraction of sp³-hybridized carbons (Fsp3) is 0.273. The van der Waals surface area contributed by atoms with E-state index in [1.54, 1.807) is 18.2 Å². The third-order valence-electron chi connectivity index (χ3n) is 5.15. The SMILES string of the molecule is COc1cc(C2CC(=O)NC3=NCC=C32)ccc1OCc1ccccc1C(F)(F)F. The van der Waals surface area contributed by atoms with Gasteiger partial charge >= 0.3 is 6.18 Å². The van der Waals surface area contributed by atoms with Crippen molar-refractivity contribution in [2.75, 3.05) is 13.7 Å². The minimum Gasteiger partial charge on any atom is -0.493 e. The molecule has 0 aromatic heterocycles. The summed E-state index contributed by atoms with van der Waals surface area (Å²) in [5.74, 6) is 1.04. The molecule has 2 aliphatic heterocycles. The van der Waals surface area contributed by atoms with Crippen LogP contribution in [0.15, 0.2) is 59.1 Å². The molecule has 1 N–H and O–H groups in total. The molecular weight excluding hydrogens is 397 g/mol. The number of halogens is 3. The summed E-state index contributed by atoms with van der Waals surface area (Å²) >= 11 is 0. The minimum absolute atomic E-state index is 0.0389. The zero-order chi connectivity index (χ0) is 21.3. The van der Waals surface area contributed by atoms with Gasteiger partial charge < -0.3 is 14.8 Å². The smallest absolute Gasteiger partial charge is 0.416 e. The number of methoxy groups -OCH3 is 1. The molecule has 1 saturated heterocycles. The van der Waals surface area contributed by atoms with E-state index in [1.165, 1.54) is 25.3 Å². The van der Waals surface area contributed by atoms with Gasteiger partial charge in [0.05, 0.1) is 19.2 Å². The molecule has 2 heterocycles. The van der Waals surface area contributed by atoms with Crippen LogP contribution in [0.5, 0.6) is 11.5 Å². The van der Waals surface area contributed by atoms with Crippen LogP contribution in [-0.4, -0.2) is 25.4 Å². The number of ether oxygens (including phenoxy) is 2. The molecule has 0 aliphatic carbocycles. The van der Waals surface area contributed by atoms with E-state index < -0.39 is 11.7 Å². The summed E-state index contributed by atoms with van der Waals surface area (Å²) in [5, 5.41) is 2.77. The summed E-state index contributed by atoms with van der Waals surface area (Å²) in [6.45, 7) is 0.275. The Hall–Kier alpha value is -3.29. The lowest BCUT2D eigenvalue weighted by Crippen LogP contribution is -2.38. The summed E-state index contributed by atoms with van der Waals surface area (Å²) in [6, 6.07) is 10.5. The maximum atomic E-state index is 13.2. The molecule has 30 heavy (non-hydrogen) atoms. The van der Waals surface area contributed by atoms with Crippen molar-refractivity contribution in [1.29, 1.82) is 0 Å². The molecule has 1 unspecified atom stereocenters. The Bertz CT molecular complexity index is 1040. The first-order valence-corrected chi connectivity index (χ1v) is 9.37. The monoisotopic (exact) mass is 416 g/mol. The molecule has 156 valence electrons. The molecule has 5 nitrogen and oxygen atoms in total. The van der Waals surface area contributed by atoms with Gasteiger partial charge in [-0.1, -0.05) is 30.3 Å². The van der Waals surface area contributed by atoms with Crippen LogP contribution < -0.4 is 14.8 Å². The van der Waals surface area contributed by atoms with Crippen molar-refractivity contribution in [3.63, 3.8) is 0 Å². The first kappa shape index (κ1) is 20.0. The minimum atomic E-state index is -4.45. The van der Waals surface area contributed by atoms with E-state index in [1.807, 2.05) is 6.08 Å². The van der Waals surface area contributed by atoms with Gasteiger partial charge in [-0.25, -0.2) is 0 Å². The predicted octanol–water partition coefficient (Wildman–Crippen LogP) is 4.24. The second-order valence-corrected chi connectivity index (χ2v) is 7.01. The van der Waals surface area contributed by atoms with Crippen LogP contribution in [-0.2, 0) is 17.6 Å². The van der Waals surface area contributed by atoms with Crippen molar-refractivity contribution >= 4 is 11.7 Å². The molecule has 8 heteroatoms. The van der Waals surface area contributed by atoms with Crippen molar-refractivity contribution in [2.24, 2.45) is 4.99 Å². The van der Waals surface area contributed by atoms with Crippen molar-refractivity contribution in [2.45, 2.75) is 25.1 Å². The van der Waals surface area contributed by atoms with E-state index in [-0.39, 0.29) is 30.4 Å². The third-order valence-corrected chi connectivity index (χ3v) is 5.15. The van der Waals surface area contributed by atoms with E-state index in [0.29, 0.717) is 23.9 Å². The van der Waals surface area contributed by atoms with E-state index in [0.717, 1.165) is 17.2 Å². The standard InChI is InChI=1S/C22H19F3N2O3/c1-29-19-10-13(16-11-20(28)27-21-15(16)8-9-26-21)6-7-18(19)30-12-14-4-2-3-5-17(14)22(23,24)25/h2-8,10,16H,9,11-12H2,1H3,(H,26,27,28). The van der Waals surface area contributed by atoms with E-state index in [2.05, 4.69) is 10.3 Å². The largest absolute Gasteiger partial charge is 0.493 e. The number of nitrogens with one attached hydrogen (secondary N) is 1. The highest BCUT2D eigenvalue weighted by atomic mass is 19.4. The summed E-state index contributed by atoms with van der Waals surface area (Å²) in [7, 11) is 1.46. The Labute approximate surface area is 171 Å². The summed E-state index contributed by atoms with van der Waals surface area (Å²) in [4.78, 5) is 16.3. The molecule has 4 rings (SSSR count). The van der Waals surface area contributed by atoms with Crippen LogP contribution >= 0.6 is 0 Å². The number of amides is 1. The lowest BCUT2D eigenvalue weighted by atomic mass is 9.85. The molecule has 1 atom stereocenters. The average Bonchev–Trinajstić information content (AvgIpc) is 3.19. The number of rotatable bonds is 5. The number of carbonyl (C=O) groups excluding carboxylic acids is 1. The Balaban J connectivity index is 1.57. The van der Waals surface area contributed by atoms with E-state index >= 15 is 0 Å². The first-order valence-electron chi connectivity index (χ1n) is 9.37.